The predicted octanol–water partition coefficient (Wildman–Crippen LogP) is 4.39. The third-order valence-electron chi connectivity index (χ3n) is 6.96. The molecule has 1 N–H and O–H groups in total. The number of aliphatic carboxylic acids is 1. The number of hydrogen-bond acceptors (Lipinski definition) is 2. The highest BCUT2D eigenvalue weighted by atomic mass is 16.4. The molecular weight excluding hydrogens is 288 g/mol. The summed E-state index contributed by atoms with van der Waals surface area (Å²) in [5, 5.41) is 9.05. The first-order valence-corrected chi connectivity index (χ1v) is 8.93. The van der Waals surface area contributed by atoms with Crippen LogP contribution in [0.5, 0.6) is 0 Å². The van der Waals surface area contributed by atoms with Crippen LogP contribution in [-0.4, -0.2) is 16.9 Å². The van der Waals surface area contributed by atoms with Gasteiger partial charge < -0.3 is 5.11 Å². The van der Waals surface area contributed by atoms with Crippen molar-refractivity contribution in [1.82, 2.24) is 0 Å². The van der Waals surface area contributed by atoms with Crippen molar-refractivity contribution in [3.05, 3.63) is 24.3 Å². The van der Waals surface area contributed by atoms with Crippen LogP contribution in [0, 0.1) is 28.6 Å². The zero-order valence-electron chi connectivity index (χ0n) is 14.3. The van der Waals surface area contributed by atoms with Gasteiger partial charge in [-0.2, -0.15) is 0 Å². The molecule has 2 bridgehead atoms. The summed E-state index contributed by atoms with van der Waals surface area (Å²) in [5.74, 6) is 0.156. The molecule has 3 nitrogen and oxygen atoms in total. The summed E-state index contributed by atoms with van der Waals surface area (Å²) in [6.07, 6.45) is 10.8. The predicted molar refractivity (Wildman–Crippen MR) is 89.9 cm³/mol. The smallest absolute Gasteiger partial charge is 0.306 e. The van der Waals surface area contributed by atoms with Crippen molar-refractivity contribution in [3.8, 4) is 0 Å². The number of carboxylic acid groups (broad SMARTS) is 1. The molecule has 0 radical (unpaired) electrons. The Balaban J connectivity index is 1.78. The second-order valence-electron chi connectivity index (χ2n) is 8.34. The maximum atomic E-state index is 12.7. The van der Waals surface area contributed by atoms with E-state index in [1.807, 2.05) is 6.08 Å². The van der Waals surface area contributed by atoms with E-state index in [0.717, 1.165) is 25.7 Å². The molecule has 4 aliphatic carbocycles. The normalized spacial score (nSPS) is 40.1. The molecule has 0 amide bonds. The minimum Gasteiger partial charge on any atom is -0.481 e. The minimum absolute atomic E-state index is 0.132. The summed E-state index contributed by atoms with van der Waals surface area (Å²) in [5.41, 5.74) is 1.17. The number of hydrogen-bond donors (Lipinski definition) is 1. The van der Waals surface area contributed by atoms with E-state index < -0.39 is 5.97 Å². The van der Waals surface area contributed by atoms with E-state index in [1.54, 1.807) is 6.92 Å². The van der Waals surface area contributed by atoms with Gasteiger partial charge in [0.15, 0.2) is 5.78 Å². The Morgan fingerprint density at radius 3 is 2.91 bits per heavy atom. The van der Waals surface area contributed by atoms with Crippen LogP contribution in [0.1, 0.15) is 58.8 Å². The molecular formula is C20H28O3. The molecule has 3 heteroatoms. The SMILES string of the molecule is C=C1C[C@@]23C=CC(=O)[C@@](C)(CCCC(C)C(=O)O)[C@@H]2C[C@@H]1CC3. The molecule has 0 aliphatic heterocycles. The van der Waals surface area contributed by atoms with Crippen LogP contribution in [-0.2, 0) is 9.59 Å². The summed E-state index contributed by atoms with van der Waals surface area (Å²) in [4.78, 5) is 23.7. The highest BCUT2D eigenvalue weighted by Gasteiger charge is 2.57. The van der Waals surface area contributed by atoms with Crippen molar-refractivity contribution in [2.45, 2.75) is 58.8 Å². The van der Waals surface area contributed by atoms with E-state index >= 15 is 0 Å². The van der Waals surface area contributed by atoms with Gasteiger partial charge in [0.2, 0.25) is 0 Å². The third-order valence-corrected chi connectivity index (χ3v) is 6.96. The topological polar surface area (TPSA) is 54.4 Å². The van der Waals surface area contributed by atoms with Crippen LogP contribution >= 0.6 is 0 Å². The van der Waals surface area contributed by atoms with Crippen molar-refractivity contribution in [2.75, 3.05) is 0 Å². The Kier molecular flexibility index (Phi) is 4.02. The molecule has 1 spiro atoms. The second kappa shape index (κ2) is 5.61. The molecule has 23 heavy (non-hydrogen) atoms. The number of rotatable bonds is 5. The fourth-order valence-corrected chi connectivity index (χ4v) is 5.36. The number of ketones is 1. The first-order chi connectivity index (χ1) is 10.8. The number of carbonyl (C=O) groups excluding carboxylic acids is 1. The fraction of sp³-hybridized carbons (Fsp3) is 0.700. The van der Waals surface area contributed by atoms with E-state index in [2.05, 4.69) is 19.6 Å². The standard InChI is InChI=1S/C20H28O3/c1-13(18(22)23)5-4-8-19(3)16-11-15-6-9-20(16,12-14(15)2)10-7-17(19)21/h7,10,13,15-16H,2,4-6,8-9,11-12H2,1,3H3,(H,22,23)/t13?,15-,16-,19-,20+/m0/s1. The first-order valence-electron chi connectivity index (χ1n) is 8.93. The highest BCUT2D eigenvalue weighted by molar-refractivity contribution is 5.96. The lowest BCUT2D eigenvalue weighted by Crippen LogP contribution is -2.53. The summed E-state index contributed by atoms with van der Waals surface area (Å²) in [6.45, 7) is 8.15. The van der Waals surface area contributed by atoms with Gasteiger partial charge in [-0.05, 0) is 61.9 Å². The van der Waals surface area contributed by atoms with Crippen LogP contribution in [0.3, 0.4) is 0 Å². The van der Waals surface area contributed by atoms with Crippen molar-refractivity contribution >= 4 is 11.8 Å². The minimum atomic E-state index is -0.741. The number of carbonyl (C=O) groups is 2. The fourth-order valence-electron chi connectivity index (χ4n) is 5.36. The molecule has 4 aliphatic rings. The zero-order valence-corrected chi connectivity index (χ0v) is 14.3. The molecule has 0 saturated heterocycles. The molecule has 3 saturated carbocycles. The van der Waals surface area contributed by atoms with E-state index in [9.17, 15) is 9.59 Å². The maximum absolute atomic E-state index is 12.7. The molecule has 1 unspecified atom stereocenters. The number of fused-ring (bicyclic) bond motifs is 2. The Morgan fingerprint density at radius 1 is 1.52 bits per heavy atom. The average Bonchev–Trinajstić information content (AvgIpc) is 2.51. The largest absolute Gasteiger partial charge is 0.481 e. The van der Waals surface area contributed by atoms with Crippen LogP contribution in [0.15, 0.2) is 24.3 Å². The first kappa shape index (κ1) is 16.5. The molecule has 0 aromatic heterocycles. The van der Waals surface area contributed by atoms with E-state index in [-0.39, 0.29) is 22.5 Å². The average molecular weight is 316 g/mol. The van der Waals surface area contributed by atoms with Crippen molar-refractivity contribution in [2.24, 2.45) is 28.6 Å². The van der Waals surface area contributed by atoms with Crippen molar-refractivity contribution in [3.63, 3.8) is 0 Å². The lowest BCUT2D eigenvalue weighted by atomic mass is 9.44. The Labute approximate surface area is 138 Å². The quantitative estimate of drug-likeness (QED) is 0.766. The van der Waals surface area contributed by atoms with Gasteiger partial charge in [0.05, 0.1) is 5.92 Å². The summed E-state index contributed by atoms with van der Waals surface area (Å²) in [7, 11) is 0. The van der Waals surface area contributed by atoms with Gasteiger partial charge >= 0.3 is 5.97 Å². The van der Waals surface area contributed by atoms with Gasteiger partial charge in [0, 0.05) is 5.41 Å². The molecule has 5 atom stereocenters. The molecule has 4 rings (SSSR count). The monoisotopic (exact) mass is 316 g/mol. The van der Waals surface area contributed by atoms with E-state index in [1.165, 1.54) is 18.4 Å². The van der Waals surface area contributed by atoms with Crippen LogP contribution in [0.4, 0.5) is 0 Å². The third kappa shape index (κ3) is 2.58. The Hall–Kier alpha value is -1.38. The summed E-state index contributed by atoms with van der Waals surface area (Å²) < 4.78 is 0. The highest BCUT2D eigenvalue weighted by Crippen LogP contribution is 2.64. The van der Waals surface area contributed by atoms with Gasteiger partial charge in [-0.25, -0.2) is 0 Å². The summed E-state index contributed by atoms with van der Waals surface area (Å²) in [6, 6.07) is 0. The lowest BCUT2D eigenvalue weighted by molar-refractivity contribution is -0.141. The molecule has 0 heterocycles. The summed E-state index contributed by atoms with van der Waals surface area (Å²) >= 11 is 0. The zero-order chi connectivity index (χ0) is 16.8. The van der Waals surface area contributed by atoms with E-state index in [0.29, 0.717) is 18.3 Å². The maximum Gasteiger partial charge on any atom is 0.306 e. The van der Waals surface area contributed by atoms with Gasteiger partial charge in [-0.1, -0.05) is 38.5 Å². The number of carboxylic acids is 1. The molecule has 126 valence electrons. The van der Waals surface area contributed by atoms with Gasteiger partial charge in [0.25, 0.3) is 0 Å². The van der Waals surface area contributed by atoms with Crippen LogP contribution < -0.4 is 0 Å². The van der Waals surface area contributed by atoms with Crippen molar-refractivity contribution < 1.29 is 14.7 Å². The van der Waals surface area contributed by atoms with Crippen molar-refractivity contribution in [1.29, 1.82) is 0 Å². The second-order valence-corrected chi connectivity index (χ2v) is 8.34. The van der Waals surface area contributed by atoms with Gasteiger partial charge in [-0.3, -0.25) is 9.59 Å². The number of allylic oxidation sites excluding steroid dienone is 3. The van der Waals surface area contributed by atoms with Crippen LogP contribution in [0.25, 0.3) is 0 Å². The lowest BCUT2D eigenvalue weighted by Gasteiger charge is -2.59. The van der Waals surface area contributed by atoms with E-state index in [4.69, 9.17) is 5.11 Å². The van der Waals surface area contributed by atoms with Crippen LogP contribution in [0.2, 0.25) is 0 Å². The molecule has 3 fully saturated rings. The Morgan fingerprint density at radius 2 is 2.26 bits per heavy atom. The molecule has 0 aromatic carbocycles. The van der Waals surface area contributed by atoms with Gasteiger partial charge in [0.1, 0.15) is 0 Å². The molecule has 0 aromatic rings. The van der Waals surface area contributed by atoms with Gasteiger partial charge in [-0.15, -0.1) is 0 Å². The Bertz CT molecular complexity index is 575.